The predicted octanol–water partition coefficient (Wildman–Crippen LogP) is 3.19. The van der Waals surface area contributed by atoms with E-state index in [0.29, 0.717) is 17.7 Å². The first-order chi connectivity index (χ1) is 12.1. The van der Waals surface area contributed by atoms with E-state index in [1.54, 1.807) is 6.07 Å². The Morgan fingerprint density at radius 1 is 1.20 bits per heavy atom. The summed E-state index contributed by atoms with van der Waals surface area (Å²) in [6.45, 7) is 1.25. The molecule has 1 aliphatic carbocycles. The van der Waals surface area contributed by atoms with Gasteiger partial charge in [-0.15, -0.1) is 0 Å². The van der Waals surface area contributed by atoms with Gasteiger partial charge < -0.3 is 14.7 Å². The molecule has 2 atom stereocenters. The van der Waals surface area contributed by atoms with Gasteiger partial charge in [0, 0.05) is 18.7 Å². The van der Waals surface area contributed by atoms with Crippen LogP contribution in [0.5, 0.6) is 0 Å². The fourth-order valence-corrected chi connectivity index (χ4v) is 5.08. The highest BCUT2D eigenvalue weighted by atomic mass is 16.5. The summed E-state index contributed by atoms with van der Waals surface area (Å²) in [6, 6.07) is 7.25. The Labute approximate surface area is 148 Å². The van der Waals surface area contributed by atoms with Crippen LogP contribution in [0.25, 0.3) is 0 Å². The fraction of sp³-hybridized carbons (Fsp3) is 0.600. The van der Waals surface area contributed by atoms with Crippen molar-refractivity contribution in [2.24, 2.45) is 0 Å². The Kier molecular flexibility index (Phi) is 4.28. The Balaban J connectivity index is 1.82. The van der Waals surface area contributed by atoms with Crippen molar-refractivity contribution in [3.05, 3.63) is 35.4 Å². The summed E-state index contributed by atoms with van der Waals surface area (Å²) in [5, 5.41) is 10.1. The summed E-state index contributed by atoms with van der Waals surface area (Å²) in [6.07, 6.45) is 6.56. The van der Waals surface area contributed by atoms with Crippen molar-refractivity contribution in [1.82, 2.24) is 4.90 Å². The first kappa shape index (κ1) is 16.6. The van der Waals surface area contributed by atoms with Crippen LogP contribution in [0.1, 0.15) is 66.8 Å². The van der Waals surface area contributed by atoms with E-state index in [9.17, 15) is 14.7 Å². The number of hydrogen-bond acceptors (Lipinski definition) is 3. The van der Waals surface area contributed by atoms with Crippen LogP contribution < -0.4 is 0 Å². The van der Waals surface area contributed by atoms with Crippen molar-refractivity contribution in [3.8, 4) is 0 Å². The van der Waals surface area contributed by atoms with Crippen LogP contribution in [0, 0.1) is 0 Å². The van der Waals surface area contributed by atoms with Gasteiger partial charge in [-0.3, -0.25) is 9.59 Å². The molecule has 2 aliphatic heterocycles. The smallest absolute Gasteiger partial charge is 0.313 e. The van der Waals surface area contributed by atoms with E-state index >= 15 is 0 Å². The molecule has 2 unspecified atom stereocenters. The van der Waals surface area contributed by atoms with Crippen LogP contribution in [-0.2, 0) is 9.53 Å². The molecule has 2 heterocycles. The Hall–Kier alpha value is -1.88. The number of carbonyl (C=O) groups is 2. The van der Waals surface area contributed by atoms with Gasteiger partial charge in [0.1, 0.15) is 5.92 Å². The molecule has 1 saturated heterocycles. The molecule has 1 aromatic carbocycles. The molecule has 1 spiro atoms. The maximum absolute atomic E-state index is 13.3. The molecule has 2 fully saturated rings. The normalized spacial score (nSPS) is 28.2. The molecular weight excluding hydrogens is 318 g/mol. The van der Waals surface area contributed by atoms with Gasteiger partial charge in [-0.05, 0) is 37.3 Å². The topological polar surface area (TPSA) is 66.8 Å². The highest BCUT2D eigenvalue weighted by Gasteiger charge is 2.55. The second kappa shape index (κ2) is 6.45. The summed E-state index contributed by atoms with van der Waals surface area (Å²) >= 11 is 0. The minimum absolute atomic E-state index is 0.0227. The van der Waals surface area contributed by atoms with Crippen molar-refractivity contribution in [3.63, 3.8) is 0 Å². The van der Waals surface area contributed by atoms with E-state index in [0.717, 1.165) is 51.6 Å². The van der Waals surface area contributed by atoms with E-state index < -0.39 is 17.4 Å². The minimum Gasteiger partial charge on any atom is -0.481 e. The minimum atomic E-state index is -0.820. The van der Waals surface area contributed by atoms with Crippen LogP contribution in [0.2, 0.25) is 0 Å². The van der Waals surface area contributed by atoms with Crippen LogP contribution in [0.3, 0.4) is 0 Å². The number of fused-ring (bicyclic) bond motifs is 1. The standard InChI is InChI=1S/C20H25NO4/c22-18-16-9-3-2-8-15(16)17(19(23)24)20(10-4-1-5-11-20)21(18)13-14-7-6-12-25-14/h2-3,8-9,14,17H,1,4-7,10-13H2,(H,23,24). The lowest BCUT2D eigenvalue weighted by molar-refractivity contribution is -0.144. The average Bonchev–Trinajstić information content (AvgIpc) is 3.13. The first-order valence-electron chi connectivity index (χ1n) is 9.39. The van der Waals surface area contributed by atoms with Crippen LogP contribution in [0.15, 0.2) is 24.3 Å². The molecule has 1 aromatic rings. The molecule has 4 rings (SSSR count). The van der Waals surface area contributed by atoms with Gasteiger partial charge >= 0.3 is 5.97 Å². The number of hydrogen-bond donors (Lipinski definition) is 1. The number of carbonyl (C=O) groups excluding carboxylic acids is 1. The fourth-order valence-electron chi connectivity index (χ4n) is 5.08. The molecule has 134 valence electrons. The molecule has 1 N–H and O–H groups in total. The molecule has 0 radical (unpaired) electrons. The Morgan fingerprint density at radius 3 is 2.64 bits per heavy atom. The maximum atomic E-state index is 13.3. The number of ether oxygens (including phenoxy) is 1. The van der Waals surface area contributed by atoms with Crippen molar-refractivity contribution < 1.29 is 19.4 Å². The van der Waals surface area contributed by atoms with Gasteiger partial charge in [0.05, 0.1) is 11.6 Å². The highest BCUT2D eigenvalue weighted by molar-refractivity contribution is 6.01. The monoisotopic (exact) mass is 343 g/mol. The zero-order valence-electron chi connectivity index (χ0n) is 14.4. The second-order valence-corrected chi connectivity index (χ2v) is 7.57. The number of carboxylic acids is 1. The zero-order chi connectivity index (χ0) is 17.4. The van der Waals surface area contributed by atoms with Gasteiger partial charge in [-0.25, -0.2) is 0 Å². The molecule has 0 bridgehead atoms. The molecule has 25 heavy (non-hydrogen) atoms. The van der Waals surface area contributed by atoms with Gasteiger partial charge in [-0.2, -0.15) is 0 Å². The van der Waals surface area contributed by atoms with E-state index in [1.165, 1.54) is 0 Å². The maximum Gasteiger partial charge on any atom is 0.313 e. The Bertz CT molecular complexity index is 674. The highest BCUT2D eigenvalue weighted by Crippen LogP contribution is 2.49. The lowest BCUT2D eigenvalue weighted by Crippen LogP contribution is -2.62. The van der Waals surface area contributed by atoms with Gasteiger partial charge in [-0.1, -0.05) is 37.5 Å². The van der Waals surface area contributed by atoms with E-state index in [4.69, 9.17) is 4.74 Å². The van der Waals surface area contributed by atoms with Crippen LogP contribution >= 0.6 is 0 Å². The van der Waals surface area contributed by atoms with Crippen LogP contribution in [-0.4, -0.2) is 46.7 Å². The number of carboxylic acid groups (broad SMARTS) is 1. The summed E-state index contributed by atoms with van der Waals surface area (Å²) in [7, 11) is 0. The zero-order valence-corrected chi connectivity index (χ0v) is 14.4. The largest absolute Gasteiger partial charge is 0.481 e. The number of nitrogens with zero attached hydrogens (tertiary/aromatic N) is 1. The number of amides is 1. The Morgan fingerprint density at radius 2 is 1.96 bits per heavy atom. The van der Waals surface area contributed by atoms with Crippen molar-refractivity contribution in [2.45, 2.75) is 62.5 Å². The van der Waals surface area contributed by atoms with Crippen LogP contribution in [0.4, 0.5) is 0 Å². The number of rotatable bonds is 3. The molecular formula is C20H25NO4. The molecule has 1 amide bonds. The summed E-state index contributed by atoms with van der Waals surface area (Å²) < 4.78 is 5.78. The second-order valence-electron chi connectivity index (χ2n) is 7.57. The van der Waals surface area contributed by atoms with Crippen molar-refractivity contribution in [2.75, 3.05) is 13.2 Å². The molecule has 3 aliphatic rings. The lowest BCUT2D eigenvalue weighted by atomic mass is 9.65. The number of benzene rings is 1. The quantitative estimate of drug-likeness (QED) is 0.915. The lowest BCUT2D eigenvalue weighted by Gasteiger charge is -2.53. The molecule has 5 heteroatoms. The van der Waals surface area contributed by atoms with Gasteiger partial charge in [0.25, 0.3) is 5.91 Å². The van der Waals surface area contributed by atoms with Gasteiger partial charge in [0.2, 0.25) is 0 Å². The van der Waals surface area contributed by atoms with E-state index in [2.05, 4.69) is 0 Å². The van der Waals surface area contributed by atoms with Crippen molar-refractivity contribution in [1.29, 1.82) is 0 Å². The van der Waals surface area contributed by atoms with E-state index in [-0.39, 0.29) is 12.0 Å². The SMILES string of the molecule is O=C(O)C1c2ccccc2C(=O)N(CC2CCCO2)C12CCCCC2. The molecule has 0 aromatic heterocycles. The number of aliphatic carboxylic acids is 1. The molecule has 5 nitrogen and oxygen atoms in total. The third-order valence-electron chi connectivity index (χ3n) is 6.20. The summed E-state index contributed by atoms with van der Waals surface area (Å²) in [5.41, 5.74) is 0.621. The molecule has 1 saturated carbocycles. The predicted molar refractivity (Wildman–Crippen MR) is 92.6 cm³/mol. The third-order valence-corrected chi connectivity index (χ3v) is 6.20. The average molecular weight is 343 g/mol. The first-order valence-corrected chi connectivity index (χ1v) is 9.39. The third kappa shape index (κ3) is 2.65. The van der Waals surface area contributed by atoms with Gasteiger partial charge in [0.15, 0.2) is 0 Å². The summed E-state index contributed by atoms with van der Waals surface area (Å²) in [4.78, 5) is 27.5. The summed E-state index contributed by atoms with van der Waals surface area (Å²) in [5.74, 6) is -1.49. The van der Waals surface area contributed by atoms with Crippen molar-refractivity contribution >= 4 is 11.9 Å². The van der Waals surface area contributed by atoms with E-state index in [1.807, 2.05) is 23.1 Å².